The molecule has 1 unspecified atom stereocenters. The summed E-state index contributed by atoms with van der Waals surface area (Å²) in [5, 5.41) is 0. The van der Waals surface area contributed by atoms with E-state index in [0.717, 1.165) is 42.6 Å². The number of ketones is 1. The molecule has 132 valence electrons. The van der Waals surface area contributed by atoms with E-state index in [1.54, 1.807) is 14.2 Å². The highest BCUT2D eigenvalue weighted by Crippen LogP contribution is 2.38. The molecule has 3 heteroatoms. The first-order valence-electron chi connectivity index (χ1n) is 8.97. The minimum Gasteiger partial charge on any atom is -0.500 e. The van der Waals surface area contributed by atoms with Crippen LogP contribution in [0, 0.1) is 12.8 Å². The third-order valence-corrected chi connectivity index (χ3v) is 4.94. The Hall–Kier alpha value is -1.61. The molecule has 0 fully saturated rings. The molecule has 24 heavy (non-hydrogen) atoms. The topological polar surface area (TPSA) is 35.5 Å². The molecular formula is C21H30O3. The molecule has 0 aliphatic heterocycles. The van der Waals surface area contributed by atoms with Crippen molar-refractivity contribution in [1.29, 1.82) is 0 Å². The van der Waals surface area contributed by atoms with E-state index in [9.17, 15) is 4.79 Å². The fourth-order valence-electron chi connectivity index (χ4n) is 3.73. The van der Waals surface area contributed by atoms with Gasteiger partial charge in [-0.2, -0.15) is 0 Å². The van der Waals surface area contributed by atoms with E-state index >= 15 is 0 Å². The van der Waals surface area contributed by atoms with E-state index in [0.29, 0.717) is 18.9 Å². The number of hydrogen-bond donors (Lipinski definition) is 0. The van der Waals surface area contributed by atoms with Crippen molar-refractivity contribution in [2.45, 2.75) is 52.9 Å². The maximum Gasteiger partial charge on any atom is 0.167 e. The average Bonchev–Trinajstić information content (AvgIpc) is 2.59. The number of allylic oxidation sites excluding steroid dienone is 2. The SMILES string of the molecule is CCc1cc(C)cc(CC)c1C1=C(OC)CC(CCOC)CC1=O. The van der Waals surface area contributed by atoms with Crippen LogP contribution in [-0.2, 0) is 27.1 Å². The van der Waals surface area contributed by atoms with Crippen LogP contribution in [0.1, 0.15) is 55.4 Å². The summed E-state index contributed by atoms with van der Waals surface area (Å²) in [4.78, 5) is 13.0. The molecule has 1 aliphatic rings. The second-order valence-electron chi connectivity index (χ2n) is 6.65. The first kappa shape index (κ1) is 18.7. The van der Waals surface area contributed by atoms with Crippen LogP contribution in [0.5, 0.6) is 0 Å². The molecule has 1 aromatic carbocycles. The number of ether oxygens (including phenoxy) is 2. The van der Waals surface area contributed by atoms with Gasteiger partial charge in [-0.15, -0.1) is 0 Å². The number of carbonyl (C=O) groups is 1. The summed E-state index contributed by atoms with van der Waals surface area (Å²) in [6, 6.07) is 4.41. The van der Waals surface area contributed by atoms with Crippen LogP contribution in [0.15, 0.2) is 17.9 Å². The molecule has 0 aromatic heterocycles. The minimum absolute atomic E-state index is 0.215. The van der Waals surface area contributed by atoms with Crippen molar-refractivity contribution < 1.29 is 14.3 Å². The Kier molecular flexibility index (Phi) is 6.61. The Morgan fingerprint density at radius 3 is 2.21 bits per heavy atom. The summed E-state index contributed by atoms with van der Waals surface area (Å²) in [7, 11) is 3.39. The molecule has 3 nitrogen and oxygen atoms in total. The number of rotatable bonds is 7. The summed E-state index contributed by atoms with van der Waals surface area (Å²) >= 11 is 0. The Morgan fingerprint density at radius 1 is 1.08 bits per heavy atom. The number of benzene rings is 1. The summed E-state index contributed by atoms with van der Waals surface area (Å²) in [6.07, 6.45) is 4.15. The lowest BCUT2D eigenvalue weighted by molar-refractivity contribution is -0.115. The fourth-order valence-corrected chi connectivity index (χ4v) is 3.73. The van der Waals surface area contributed by atoms with Crippen molar-refractivity contribution >= 4 is 11.4 Å². The summed E-state index contributed by atoms with van der Waals surface area (Å²) in [5.41, 5.74) is 5.70. The normalized spacial score (nSPS) is 18.2. The van der Waals surface area contributed by atoms with E-state index in [-0.39, 0.29) is 5.78 Å². The number of carbonyl (C=O) groups excluding carboxylic acids is 1. The summed E-state index contributed by atoms with van der Waals surface area (Å²) in [5.74, 6) is 1.38. The second-order valence-corrected chi connectivity index (χ2v) is 6.65. The highest BCUT2D eigenvalue weighted by atomic mass is 16.5. The Bertz CT molecular complexity index is 603. The zero-order chi connectivity index (χ0) is 17.7. The van der Waals surface area contributed by atoms with Crippen molar-refractivity contribution in [2.24, 2.45) is 5.92 Å². The predicted octanol–water partition coefficient (Wildman–Crippen LogP) is 4.49. The van der Waals surface area contributed by atoms with Crippen LogP contribution in [0.4, 0.5) is 0 Å². The first-order chi connectivity index (χ1) is 11.5. The van der Waals surface area contributed by atoms with E-state index in [1.807, 2.05) is 0 Å². The van der Waals surface area contributed by atoms with Crippen LogP contribution in [0.25, 0.3) is 5.57 Å². The third kappa shape index (κ3) is 3.89. The van der Waals surface area contributed by atoms with Gasteiger partial charge in [0.05, 0.1) is 12.7 Å². The Labute approximate surface area is 146 Å². The fraction of sp³-hybridized carbons (Fsp3) is 0.571. The zero-order valence-corrected chi connectivity index (χ0v) is 15.7. The molecule has 1 aliphatic carbocycles. The molecule has 0 N–H and O–H groups in total. The van der Waals surface area contributed by atoms with Gasteiger partial charge in [0.2, 0.25) is 0 Å². The Balaban J connectivity index is 2.53. The van der Waals surface area contributed by atoms with Gasteiger partial charge in [0, 0.05) is 26.6 Å². The van der Waals surface area contributed by atoms with Gasteiger partial charge in [0.25, 0.3) is 0 Å². The van der Waals surface area contributed by atoms with Crippen LogP contribution >= 0.6 is 0 Å². The van der Waals surface area contributed by atoms with Crippen molar-refractivity contribution in [1.82, 2.24) is 0 Å². The van der Waals surface area contributed by atoms with E-state index < -0.39 is 0 Å². The molecule has 1 aromatic rings. The maximum absolute atomic E-state index is 13.0. The molecule has 0 radical (unpaired) electrons. The minimum atomic E-state index is 0.215. The van der Waals surface area contributed by atoms with Gasteiger partial charge in [-0.25, -0.2) is 0 Å². The Morgan fingerprint density at radius 2 is 1.71 bits per heavy atom. The number of aryl methyl sites for hydroxylation is 3. The summed E-state index contributed by atoms with van der Waals surface area (Å²) in [6.45, 7) is 7.12. The maximum atomic E-state index is 13.0. The van der Waals surface area contributed by atoms with Gasteiger partial charge in [0.1, 0.15) is 5.76 Å². The molecule has 0 heterocycles. The monoisotopic (exact) mass is 330 g/mol. The van der Waals surface area contributed by atoms with Gasteiger partial charge in [0.15, 0.2) is 5.78 Å². The molecule has 0 saturated heterocycles. The lowest BCUT2D eigenvalue weighted by atomic mass is 9.79. The van der Waals surface area contributed by atoms with E-state index in [4.69, 9.17) is 9.47 Å². The smallest absolute Gasteiger partial charge is 0.167 e. The quantitative estimate of drug-likeness (QED) is 0.739. The molecule has 0 bridgehead atoms. The van der Waals surface area contributed by atoms with Crippen LogP contribution in [0.2, 0.25) is 0 Å². The molecule has 0 amide bonds. The van der Waals surface area contributed by atoms with Crippen molar-refractivity contribution in [3.8, 4) is 0 Å². The van der Waals surface area contributed by atoms with Gasteiger partial charge in [-0.1, -0.05) is 31.5 Å². The highest BCUT2D eigenvalue weighted by molar-refractivity contribution is 6.22. The van der Waals surface area contributed by atoms with Crippen molar-refractivity contribution in [2.75, 3.05) is 20.8 Å². The first-order valence-corrected chi connectivity index (χ1v) is 8.97. The van der Waals surface area contributed by atoms with Crippen LogP contribution < -0.4 is 0 Å². The second kappa shape index (κ2) is 8.48. The standard InChI is InChI=1S/C21H30O3/c1-6-16-10-14(3)11-17(7-2)20(16)21-18(22)12-15(8-9-23-4)13-19(21)24-5/h10-11,15H,6-9,12-13H2,1-5H3. The number of hydrogen-bond acceptors (Lipinski definition) is 3. The summed E-state index contributed by atoms with van der Waals surface area (Å²) < 4.78 is 10.9. The largest absolute Gasteiger partial charge is 0.500 e. The molecule has 0 spiro atoms. The number of methoxy groups -OCH3 is 2. The predicted molar refractivity (Wildman–Crippen MR) is 98.1 cm³/mol. The van der Waals surface area contributed by atoms with E-state index in [1.165, 1.54) is 16.7 Å². The van der Waals surface area contributed by atoms with Crippen molar-refractivity contribution in [3.63, 3.8) is 0 Å². The molecule has 1 atom stereocenters. The van der Waals surface area contributed by atoms with Gasteiger partial charge < -0.3 is 9.47 Å². The molecule has 2 rings (SSSR count). The highest BCUT2D eigenvalue weighted by Gasteiger charge is 2.31. The van der Waals surface area contributed by atoms with Crippen LogP contribution in [0.3, 0.4) is 0 Å². The average molecular weight is 330 g/mol. The third-order valence-electron chi connectivity index (χ3n) is 4.94. The van der Waals surface area contributed by atoms with Gasteiger partial charge in [-0.3, -0.25) is 4.79 Å². The molecule has 0 saturated carbocycles. The van der Waals surface area contributed by atoms with E-state index in [2.05, 4.69) is 32.9 Å². The molecular weight excluding hydrogens is 300 g/mol. The zero-order valence-electron chi connectivity index (χ0n) is 15.7. The lowest BCUT2D eigenvalue weighted by Gasteiger charge is -2.27. The van der Waals surface area contributed by atoms with Crippen molar-refractivity contribution in [3.05, 3.63) is 40.1 Å². The van der Waals surface area contributed by atoms with Gasteiger partial charge >= 0.3 is 0 Å². The van der Waals surface area contributed by atoms with Gasteiger partial charge in [-0.05, 0) is 48.8 Å². The van der Waals surface area contributed by atoms with Crippen LogP contribution in [-0.4, -0.2) is 26.6 Å². The number of Topliss-reactive ketones (excluding diaryl/α,β-unsaturated/α-hetero) is 1. The lowest BCUT2D eigenvalue weighted by Crippen LogP contribution is -2.22.